The fourth-order valence-corrected chi connectivity index (χ4v) is 8.10. The minimum atomic E-state index is -1.26. The molecule has 0 aromatic heterocycles. The Hall–Kier alpha value is -2.66. The standard InChI is InChI=1S/C31H37BrClN3O6/c1-5-41-20-11-9-18(10-12-20)34-28(38)23-24-30(40)36(19(15-37)13-16(2)3)27(31(24)14-21(32)26(23)42-31)29(39)35-25-17(4)7-6-8-22(25)33/h6-12,16,19,21,23-24,26-27,37H,5,13-15H2,1-4H3,(H,34,38)(H,35,39)/t19-,21?,23-,24+,26-,27?,31?/m1/s1. The summed E-state index contributed by atoms with van der Waals surface area (Å²) >= 11 is 10.1. The Labute approximate surface area is 259 Å². The van der Waals surface area contributed by atoms with E-state index in [1.54, 1.807) is 36.4 Å². The quantitative estimate of drug-likeness (QED) is 0.316. The van der Waals surface area contributed by atoms with Crippen molar-refractivity contribution in [3.63, 3.8) is 0 Å². The fraction of sp³-hybridized carbons (Fsp3) is 0.516. The average Bonchev–Trinajstić information content (AvgIpc) is 3.54. The highest BCUT2D eigenvalue weighted by atomic mass is 79.9. The van der Waals surface area contributed by atoms with Crippen molar-refractivity contribution in [1.29, 1.82) is 0 Å². The van der Waals surface area contributed by atoms with E-state index in [4.69, 9.17) is 21.1 Å². The zero-order valence-electron chi connectivity index (χ0n) is 24.1. The van der Waals surface area contributed by atoms with E-state index >= 15 is 0 Å². The molecular weight excluding hydrogens is 626 g/mol. The summed E-state index contributed by atoms with van der Waals surface area (Å²) < 4.78 is 12.1. The summed E-state index contributed by atoms with van der Waals surface area (Å²) in [6.45, 7) is 7.92. The van der Waals surface area contributed by atoms with Crippen LogP contribution >= 0.6 is 27.5 Å². The van der Waals surface area contributed by atoms with Crippen molar-refractivity contribution in [2.75, 3.05) is 23.8 Å². The van der Waals surface area contributed by atoms with Crippen LogP contribution in [0.1, 0.15) is 39.2 Å². The summed E-state index contributed by atoms with van der Waals surface area (Å²) in [5.74, 6) is -2.10. The number of aliphatic hydroxyl groups is 1. The van der Waals surface area contributed by atoms with Gasteiger partial charge in [0.25, 0.3) is 0 Å². The van der Waals surface area contributed by atoms with E-state index in [-0.39, 0.29) is 29.2 Å². The molecule has 226 valence electrons. The molecule has 3 aliphatic rings. The van der Waals surface area contributed by atoms with E-state index in [1.165, 1.54) is 4.90 Å². The van der Waals surface area contributed by atoms with Gasteiger partial charge in [-0.3, -0.25) is 14.4 Å². The minimum absolute atomic E-state index is 0.141. The predicted octanol–water partition coefficient (Wildman–Crippen LogP) is 4.78. The smallest absolute Gasteiger partial charge is 0.250 e. The van der Waals surface area contributed by atoms with Crippen molar-refractivity contribution >= 4 is 56.6 Å². The second-order valence-electron chi connectivity index (χ2n) is 11.7. The highest BCUT2D eigenvalue weighted by Gasteiger charge is 2.77. The third-order valence-electron chi connectivity index (χ3n) is 8.53. The topological polar surface area (TPSA) is 117 Å². The van der Waals surface area contributed by atoms with Crippen LogP contribution in [0.3, 0.4) is 0 Å². The molecule has 3 heterocycles. The van der Waals surface area contributed by atoms with Crippen LogP contribution in [0.5, 0.6) is 5.75 Å². The number of aryl methyl sites for hydroxylation is 1. The van der Waals surface area contributed by atoms with Crippen molar-refractivity contribution in [2.45, 2.75) is 69.2 Å². The number of nitrogens with zero attached hydrogens (tertiary/aromatic N) is 1. The Morgan fingerprint density at radius 3 is 2.52 bits per heavy atom. The summed E-state index contributed by atoms with van der Waals surface area (Å²) in [5, 5.41) is 16.7. The predicted molar refractivity (Wildman–Crippen MR) is 164 cm³/mol. The van der Waals surface area contributed by atoms with Gasteiger partial charge in [-0.15, -0.1) is 0 Å². The van der Waals surface area contributed by atoms with Gasteiger partial charge in [-0.25, -0.2) is 0 Å². The zero-order valence-corrected chi connectivity index (χ0v) is 26.4. The van der Waals surface area contributed by atoms with Crippen molar-refractivity contribution < 1.29 is 29.0 Å². The Kier molecular flexibility index (Phi) is 8.90. The molecule has 0 saturated carbocycles. The summed E-state index contributed by atoms with van der Waals surface area (Å²) in [7, 11) is 0. The molecule has 3 unspecified atom stereocenters. The van der Waals surface area contributed by atoms with Crippen molar-refractivity contribution in [3.05, 3.63) is 53.1 Å². The highest BCUT2D eigenvalue weighted by molar-refractivity contribution is 9.09. The van der Waals surface area contributed by atoms with Crippen LogP contribution in [0.4, 0.5) is 11.4 Å². The maximum atomic E-state index is 14.4. The van der Waals surface area contributed by atoms with Crippen LogP contribution in [0.15, 0.2) is 42.5 Å². The highest BCUT2D eigenvalue weighted by Crippen LogP contribution is 2.60. The Morgan fingerprint density at radius 1 is 1.19 bits per heavy atom. The molecule has 3 saturated heterocycles. The number of hydrogen-bond donors (Lipinski definition) is 3. The number of hydrogen-bond acceptors (Lipinski definition) is 6. The maximum Gasteiger partial charge on any atom is 0.250 e. The van der Waals surface area contributed by atoms with Gasteiger partial charge >= 0.3 is 0 Å². The minimum Gasteiger partial charge on any atom is -0.494 e. The second kappa shape index (κ2) is 12.1. The van der Waals surface area contributed by atoms with Gasteiger partial charge in [-0.2, -0.15) is 0 Å². The first-order valence-electron chi connectivity index (χ1n) is 14.4. The molecule has 9 nitrogen and oxygen atoms in total. The number of nitrogens with one attached hydrogen (secondary N) is 2. The number of benzene rings is 2. The number of anilines is 2. The van der Waals surface area contributed by atoms with Gasteiger partial charge in [0.15, 0.2) is 0 Å². The van der Waals surface area contributed by atoms with E-state index in [0.29, 0.717) is 41.6 Å². The summed E-state index contributed by atoms with van der Waals surface area (Å²) in [4.78, 5) is 43.6. The molecular formula is C31H37BrClN3O6. The van der Waals surface area contributed by atoms with Crippen LogP contribution in [0, 0.1) is 24.7 Å². The lowest BCUT2D eigenvalue weighted by molar-refractivity contribution is -0.143. The van der Waals surface area contributed by atoms with Crippen molar-refractivity contribution in [3.8, 4) is 5.75 Å². The largest absolute Gasteiger partial charge is 0.494 e. The zero-order chi connectivity index (χ0) is 30.3. The van der Waals surface area contributed by atoms with Crippen LogP contribution < -0.4 is 15.4 Å². The van der Waals surface area contributed by atoms with E-state index in [9.17, 15) is 19.5 Å². The summed E-state index contributed by atoms with van der Waals surface area (Å²) in [5.41, 5.74) is 0.517. The lowest BCUT2D eigenvalue weighted by Crippen LogP contribution is -2.57. The Bertz CT molecular complexity index is 1340. The number of ether oxygens (including phenoxy) is 2. The van der Waals surface area contributed by atoms with Gasteiger partial charge < -0.3 is 30.1 Å². The molecule has 2 bridgehead atoms. The first-order chi connectivity index (χ1) is 20.0. The number of para-hydroxylation sites is 1. The van der Waals surface area contributed by atoms with E-state index in [2.05, 4.69) is 26.6 Å². The molecule has 2 aromatic carbocycles. The Balaban J connectivity index is 1.52. The second-order valence-corrected chi connectivity index (χ2v) is 13.3. The number of fused-ring (bicyclic) bond motifs is 1. The molecule has 2 aromatic rings. The molecule has 7 atom stereocenters. The monoisotopic (exact) mass is 661 g/mol. The van der Waals surface area contributed by atoms with Gasteiger partial charge in [0.2, 0.25) is 17.7 Å². The normalized spacial score (nSPS) is 28.6. The van der Waals surface area contributed by atoms with Gasteiger partial charge in [-0.1, -0.05) is 53.5 Å². The first-order valence-corrected chi connectivity index (χ1v) is 15.7. The van der Waals surface area contributed by atoms with E-state index in [0.717, 1.165) is 5.56 Å². The molecule has 3 amide bonds. The van der Waals surface area contributed by atoms with Gasteiger partial charge in [0, 0.05) is 10.5 Å². The van der Waals surface area contributed by atoms with Gasteiger partial charge in [0.05, 0.1) is 47.9 Å². The molecule has 3 N–H and O–H groups in total. The molecule has 3 aliphatic heterocycles. The molecule has 5 rings (SSSR count). The fourth-order valence-electron chi connectivity index (χ4n) is 6.89. The van der Waals surface area contributed by atoms with Crippen LogP contribution in [-0.4, -0.2) is 69.6 Å². The SMILES string of the molecule is CCOc1ccc(NC(=O)[C@H]2[C@@H]3OC4(CC3Br)C(C(=O)Nc3c(C)cccc3Cl)N([C@@H](CO)CC(C)C)C(=O)[C@H]24)cc1. The van der Waals surface area contributed by atoms with Crippen LogP contribution in [-0.2, 0) is 19.1 Å². The molecule has 0 radical (unpaired) electrons. The average molecular weight is 663 g/mol. The number of aliphatic hydroxyl groups excluding tert-OH is 1. The van der Waals surface area contributed by atoms with Gasteiger partial charge in [0.1, 0.15) is 17.4 Å². The summed E-state index contributed by atoms with van der Waals surface area (Å²) in [6, 6.07) is 10.6. The number of alkyl halides is 1. The molecule has 42 heavy (non-hydrogen) atoms. The lowest BCUT2D eigenvalue weighted by atomic mass is 9.70. The van der Waals surface area contributed by atoms with Crippen molar-refractivity contribution in [2.24, 2.45) is 17.8 Å². The number of amides is 3. The third kappa shape index (κ3) is 5.31. The van der Waals surface area contributed by atoms with Gasteiger partial charge in [-0.05, 0) is 68.5 Å². The first kappa shape index (κ1) is 30.8. The van der Waals surface area contributed by atoms with E-state index in [1.807, 2.05) is 33.8 Å². The number of carbonyl (C=O) groups excluding carboxylic acids is 3. The third-order valence-corrected chi connectivity index (χ3v) is 9.69. The molecule has 0 aliphatic carbocycles. The van der Waals surface area contributed by atoms with Crippen LogP contribution in [0.2, 0.25) is 5.02 Å². The Morgan fingerprint density at radius 2 is 1.90 bits per heavy atom. The number of halogens is 2. The number of likely N-dealkylation sites (tertiary alicyclic amines) is 1. The van der Waals surface area contributed by atoms with Crippen LogP contribution in [0.25, 0.3) is 0 Å². The van der Waals surface area contributed by atoms with E-state index < -0.39 is 41.5 Å². The molecule has 1 spiro atoms. The number of rotatable bonds is 10. The lowest BCUT2D eigenvalue weighted by Gasteiger charge is -2.37. The molecule has 11 heteroatoms. The summed E-state index contributed by atoms with van der Waals surface area (Å²) in [6.07, 6.45) is 0.222. The molecule has 3 fully saturated rings. The number of carbonyl (C=O) groups is 3. The maximum absolute atomic E-state index is 14.4. The van der Waals surface area contributed by atoms with Crippen molar-refractivity contribution in [1.82, 2.24) is 4.90 Å².